The number of rotatable bonds is 4. The minimum absolute atomic E-state index is 0.130. The third-order valence-electron chi connectivity index (χ3n) is 7.78. The number of benzene rings is 4. The summed E-state index contributed by atoms with van der Waals surface area (Å²) in [4.78, 5) is 34.1. The largest absolute Gasteiger partial charge is 0.368 e. The third-order valence-corrected chi connectivity index (χ3v) is 9.29. The molecule has 4 aromatic carbocycles. The van der Waals surface area contributed by atoms with Crippen molar-refractivity contribution >= 4 is 34.0 Å². The van der Waals surface area contributed by atoms with Gasteiger partial charge in [-0.2, -0.15) is 0 Å². The Hall–Kier alpha value is -4.30. The van der Waals surface area contributed by atoms with Crippen molar-refractivity contribution in [2.45, 2.75) is 30.2 Å². The van der Waals surface area contributed by atoms with E-state index in [0.29, 0.717) is 39.7 Å². The molecule has 1 saturated heterocycles. The van der Waals surface area contributed by atoms with Crippen molar-refractivity contribution in [3.05, 3.63) is 119 Å². The van der Waals surface area contributed by atoms with E-state index < -0.39 is 10.8 Å². The molecule has 1 atom stereocenters. The summed E-state index contributed by atoms with van der Waals surface area (Å²) in [6, 6.07) is 24.3. The molecule has 0 aromatic heterocycles. The number of halogens is 1. The lowest BCUT2D eigenvalue weighted by atomic mass is 10.1. The van der Waals surface area contributed by atoms with Gasteiger partial charge in [0.25, 0.3) is 11.8 Å². The van der Waals surface area contributed by atoms with Crippen LogP contribution >= 0.6 is 0 Å². The molecule has 1 fully saturated rings. The van der Waals surface area contributed by atoms with Gasteiger partial charge in [-0.15, -0.1) is 0 Å². The first kappa shape index (κ1) is 26.9. The van der Waals surface area contributed by atoms with E-state index in [1.165, 1.54) is 28.9 Å². The molecule has 8 heteroatoms. The van der Waals surface area contributed by atoms with Crippen molar-refractivity contribution < 1.29 is 18.2 Å². The Morgan fingerprint density at radius 3 is 2.32 bits per heavy atom. The maximum absolute atomic E-state index is 13.8. The van der Waals surface area contributed by atoms with Gasteiger partial charge in [0.1, 0.15) is 5.82 Å². The summed E-state index contributed by atoms with van der Waals surface area (Å²) >= 11 is 0. The van der Waals surface area contributed by atoms with Crippen molar-refractivity contribution in [3.63, 3.8) is 0 Å². The van der Waals surface area contributed by atoms with Crippen LogP contribution < -0.4 is 9.80 Å². The second-order valence-electron chi connectivity index (χ2n) is 10.5. The molecule has 0 bridgehead atoms. The van der Waals surface area contributed by atoms with Crippen molar-refractivity contribution in [1.29, 1.82) is 0 Å². The summed E-state index contributed by atoms with van der Waals surface area (Å²) < 4.78 is 27.3. The van der Waals surface area contributed by atoms with E-state index in [1.807, 2.05) is 4.90 Å². The van der Waals surface area contributed by atoms with E-state index in [9.17, 15) is 18.2 Å². The first-order valence-electron chi connectivity index (χ1n) is 13.6. The van der Waals surface area contributed by atoms with Crippen molar-refractivity contribution in [1.82, 2.24) is 4.90 Å². The summed E-state index contributed by atoms with van der Waals surface area (Å²) in [6.45, 7) is 6.90. The van der Waals surface area contributed by atoms with E-state index in [0.717, 1.165) is 18.7 Å². The van der Waals surface area contributed by atoms with E-state index in [2.05, 4.69) is 36.9 Å². The van der Waals surface area contributed by atoms with Crippen LogP contribution in [0.2, 0.25) is 0 Å². The van der Waals surface area contributed by atoms with Crippen molar-refractivity contribution in [2.75, 3.05) is 36.0 Å². The highest BCUT2D eigenvalue weighted by Crippen LogP contribution is 2.36. The molecule has 0 radical (unpaired) electrons. The van der Waals surface area contributed by atoms with Gasteiger partial charge in [-0.3, -0.25) is 9.59 Å². The Labute approximate surface area is 241 Å². The Balaban J connectivity index is 1.31. The lowest BCUT2D eigenvalue weighted by Gasteiger charge is -2.37. The van der Waals surface area contributed by atoms with Gasteiger partial charge in [-0.05, 0) is 79.1 Å². The Morgan fingerprint density at radius 2 is 1.56 bits per heavy atom. The molecule has 0 aliphatic carbocycles. The number of carbonyl (C=O) groups is 2. The van der Waals surface area contributed by atoms with Gasteiger partial charge in [0.15, 0.2) is 0 Å². The van der Waals surface area contributed by atoms with Crippen LogP contribution in [0.1, 0.15) is 37.4 Å². The number of amides is 2. The average molecular weight is 568 g/mol. The molecule has 4 aromatic rings. The topological polar surface area (TPSA) is 60.9 Å². The van der Waals surface area contributed by atoms with E-state index >= 15 is 0 Å². The van der Waals surface area contributed by atoms with Gasteiger partial charge in [0.05, 0.1) is 38.4 Å². The SMILES string of the molecule is Cc1ccc(C)c(N2CCN(C(=O)c3ccc4c(c3)N(Cc3ccc(F)cc3)C(=O)c3ccccc3[S@@]4=O)CC2)c1. The number of fused-ring (bicyclic) bond motifs is 2. The summed E-state index contributed by atoms with van der Waals surface area (Å²) in [5.41, 5.74) is 5.53. The van der Waals surface area contributed by atoms with Crippen LogP contribution in [0.4, 0.5) is 15.8 Å². The summed E-state index contributed by atoms with van der Waals surface area (Å²) in [5.74, 6) is -0.813. The number of hydrogen-bond acceptors (Lipinski definition) is 4. The lowest BCUT2D eigenvalue weighted by molar-refractivity contribution is 0.0746. The Bertz CT molecular complexity index is 1680. The molecule has 0 spiro atoms. The smallest absolute Gasteiger partial charge is 0.259 e. The fourth-order valence-electron chi connectivity index (χ4n) is 5.52. The standard InChI is InChI=1S/C33H30FN3O3S/c1-22-7-8-23(2)28(19-22)35-15-17-36(18-16-35)32(38)25-11-14-31-29(20-25)37(21-24-9-12-26(34)13-10-24)33(39)27-5-3-4-6-30(27)41(31)40/h3-14,19-20H,15-18,21H2,1-2H3/t41-/m0/s1. The second kappa shape index (κ2) is 10.9. The quantitative estimate of drug-likeness (QED) is 0.316. The summed E-state index contributed by atoms with van der Waals surface area (Å²) in [5, 5.41) is 0. The molecule has 2 heterocycles. The fourth-order valence-corrected chi connectivity index (χ4v) is 6.86. The fraction of sp³-hybridized carbons (Fsp3) is 0.212. The minimum atomic E-state index is -1.62. The van der Waals surface area contributed by atoms with Crippen molar-refractivity contribution in [2.24, 2.45) is 0 Å². The third kappa shape index (κ3) is 5.15. The molecule has 41 heavy (non-hydrogen) atoms. The van der Waals surface area contributed by atoms with Gasteiger partial charge in [-0.25, -0.2) is 8.60 Å². The van der Waals surface area contributed by atoms with Crippen LogP contribution in [-0.2, 0) is 17.3 Å². The molecule has 6 nitrogen and oxygen atoms in total. The predicted octanol–water partition coefficient (Wildman–Crippen LogP) is 5.73. The first-order chi connectivity index (χ1) is 19.8. The zero-order chi connectivity index (χ0) is 28.7. The van der Waals surface area contributed by atoms with Crippen LogP contribution in [-0.4, -0.2) is 47.1 Å². The molecule has 6 rings (SSSR count). The number of nitrogens with zero attached hydrogens (tertiary/aromatic N) is 3. The zero-order valence-electron chi connectivity index (χ0n) is 23.0. The average Bonchev–Trinajstić information content (AvgIpc) is 3.08. The predicted molar refractivity (Wildman–Crippen MR) is 159 cm³/mol. The molecular formula is C33H30FN3O3S. The number of piperazine rings is 1. The molecular weight excluding hydrogens is 537 g/mol. The summed E-state index contributed by atoms with van der Waals surface area (Å²) in [6.07, 6.45) is 0. The number of carbonyl (C=O) groups excluding carboxylic acids is 2. The van der Waals surface area contributed by atoms with Crippen LogP contribution in [0, 0.1) is 19.7 Å². The molecule has 2 aliphatic heterocycles. The number of anilines is 2. The van der Waals surface area contributed by atoms with Crippen LogP contribution in [0.15, 0.2) is 94.7 Å². The molecule has 0 saturated carbocycles. The molecule has 2 aliphatic rings. The summed E-state index contributed by atoms with van der Waals surface area (Å²) in [7, 11) is -1.62. The monoisotopic (exact) mass is 567 g/mol. The maximum atomic E-state index is 13.8. The van der Waals surface area contributed by atoms with Crippen LogP contribution in [0.3, 0.4) is 0 Å². The maximum Gasteiger partial charge on any atom is 0.259 e. The molecule has 0 unspecified atom stereocenters. The highest BCUT2D eigenvalue weighted by molar-refractivity contribution is 7.85. The van der Waals surface area contributed by atoms with Gasteiger partial charge < -0.3 is 14.7 Å². The van der Waals surface area contributed by atoms with Crippen LogP contribution in [0.25, 0.3) is 0 Å². The number of aryl methyl sites for hydroxylation is 2. The van der Waals surface area contributed by atoms with Crippen LogP contribution in [0.5, 0.6) is 0 Å². The minimum Gasteiger partial charge on any atom is -0.368 e. The zero-order valence-corrected chi connectivity index (χ0v) is 23.8. The van der Waals surface area contributed by atoms with E-state index in [1.54, 1.807) is 59.5 Å². The van der Waals surface area contributed by atoms with E-state index in [-0.39, 0.29) is 24.2 Å². The highest BCUT2D eigenvalue weighted by atomic mass is 32.2. The first-order valence-corrected chi connectivity index (χ1v) is 14.8. The Kier molecular flexibility index (Phi) is 7.17. The Morgan fingerprint density at radius 1 is 0.829 bits per heavy atom. The molecule has 208 valence electrons. The molecule has 0 N–H and O–H groups in total. The van der Waals surface area contributed by atoms with Gasteiger partial charge in [0.2, 0.25) is 0 Å². The van der Waals surface area contributed by atoms with Gasteiger partial charge in [-0.1, -0.05) is 36.4 Å². The number of hydrogen-bond donors (Lipinski definition) is 0. The van der Waals surface area contributed by atoms with Crippen molar-refractivity contribution in [3.8, 4) is 0 Å². The normalized spacial score (nSPS) is 16.7. The lowest BCUT2D eigenvalue weighted by Crippen LogP contribution is -2.49. The van der Waals surface area contributed by atoms with Gasteiger partial charge in [0, 0.05) is 37.4 Å². The van der Waals surface area contributed by atoms with Gasteiger partial charge >= 0.3 is 0 Å². The van der Waals surface area contributed by atoms with E-state index in [4.69, 9.17) is 0 Å². The second-order valence-corrected chi connectivity index (χ2v) is 12.0. The molecule has 2 amide bonds. The highest BCUT2D eigenvalue weighted by Gasteiger charge is 2.32.